The second-order valence-corrected chi connectivity index (χ2v) is 6.40. The van der Waals surface area contributed by atoms with Crippen molar-refractivity contribution < 1.29 is 9.53 Å². The van der Waals surface area contributed by atoms with Crippen LogP contribution in [0, 0.1) is 13.8 Å². The predicted molar refractivity (Wildman–Crippen MR) is 103 cm³/mol. The van der Waals surface area contributed by atoms with Crippen LogP contribution in [0.15, 0.2) is 48.5 Å². The maximum Gasteiger partial charge on any atom is 0.229 e. The molecule has 0 aliphatic carbocycles. The Kier molecular flexibility index (Phi) is 5.28. The van der Waals surface area contributed by atoms with Crippen LogP contribution < -0.4 is 10.1 Å². The Labute approximate surface area is 157 Å². The van der Waals surface area contributed by atoms with Crippen LogP contribution in [-0.4, -0.2) is 22.8 Å². The Morgan fingerprint density at radius 3 is 2.62 bits per heavy atom. The highest BCUT2D eigenvalue weighted by Gasteiger charge is 2.17. The lowest BCUT2D eigenvalue weighted by Gasteiger charge is -2.11. The van der Waals surface area contributed by atoms with Crippen LogP contribution in [0.3, 0.4) is 0 Å². The van der Waals surface area contributed by atoms with Gasteiger partial charge in [0.1, 0.15) is 5.75 Å². The lowest BCUT2D eigenvalue weighted by molar-refractivity contribution is -0.115. The molecule has 0 spiro atoms. The lowest BCUT2D eigenvalue weighted by atomic mass is 10.1. The van der Waals surface area contributed by atoms with E-state index in [4.69, 9.17) is 16.3 Å². The van der Waals surface area contributed by atoms with Crippen molar-refractivity contribution in [2.24, 2.45) is 0 Å². The topological polar surface area (TPSA) is 56.1 Å². The third kappa shape index (κ3) is 3.73. The van der Waals surface area contributed by atoms with Gasteiger partial charge in [0.2, 0.25) is 5.91 Å². The molecule has 6 heteroatoms. The van der Waals surface area contributed by atoms with Gasteiger partial charge in [-0.3, -0.25) is 4.79 Å². The van der Waals surface area contributed by atoms with Crippen LogP contribution in [0.1, 0.15) is 17.0 Å². The second kappa shape index (κ2) is 7.62. The predicted octanol–water partition coefficient (Wildman–Crippen LogP) is 4.33. The van der Waals surface area contributed by atoms with E-state index in [1.807, 2.05) is 48.9 Å². The number of aryl methyl sites for hydroxylation is 1. The molecule has 0 unspecified atom stereocenters. The summed E-state index contributed by atoms with van der Waals surface area (Å²) in [4.78, 5) is 12.6. The van der Waals surface area contributed by atoms with E-state index in [1.165, 1.54) is 0 Å². The standard InChI is InChI=1S/C20H20ClN3O2/c1-13-17(14(2)24(23-13)16-7-5-4-6-8-16)12-20(25)22-18-11-15(21)9-10-19(18)26-3/h4-11H,12H2,1-3H3,(H,22,25). The lowest BCUT2D eigenvalue weighted by Crippen LogP contribution is -2.16. The number of hydrogen-bond donors (Lipinski definition) is 1. The van der Waals surface area contributed by atoms with Crippen LogP contribution in [0.2, 0.25) is 5.02 Å². The number of para-hydroxylation sites is 1. The molecule has 0 saturated heterocycles. The van der Waals surface area contributed by atoms with Gasteiger partial charge in [-0.15, -0.1) is 0 Å². The number of amides is 1. The molecule has 0 bridgehead atoms. The van der Waals surface area contributed by atoms with Gasteiger partial charge in [0, 0.05) is 16.3 Å². The fraction of sp³-hybridized carbons (Fsp3) is 0.200. The number of aromatic nitrogens is 2. The molecule has 1 aromatic heterocycles. The van der Waals surface area contributed by atoms with Crippen molar-refractivity contribution in [1.82, 2.24) is 9.78 Å². The smallest absolute Gasteiger partial charge is 0.229 e. The fourth-order valence-corrected chi connectivity index (χ4v) is 3.06. The number of rotatable bonds is 5. The van der Waals surface area contributed by atoms with Gasteiger partial charge in [-0.2, -0.15) is 5.10 Å². The molecule has 3 rings (SSSR count). The summed E-state index contributed by atoms with van der Waals surface area (Å²) < 4.78 is 7.13. The maximum absolute atomic E-state index is 12.6. The number of methoxy groups -OCH3 is 1. The minimum atomic E-state index is -0.149. The molecule has 0 radical (unpaired) electrons. The largest absolute Gasteiger partial charge is 0.495 e. The first-order chi connectivity index (χ1) is 12.5. The number of hydrogen-bond acceptors (Lipinski definition) is 3. The summed E-state index contributed by atoms with van der Waals surface area (Å²) in [7, 11) is 1.55. The first-order valence-corrected chi connectivity index (χ1v) is 8.61. The average Bonchev–Trinajstić information content (AvgIpc) is 2.91. The number of ether oxygens (including phenoxy) is 1. The maximum atomic E-state index is 12.6. The van der Waals surface area contributed by atoms with Crippen LogP contribution in [0.5, 0.6) is 5.75 Å². The molecule has 1 N–H and O–H groups in total. The van der Waals surface area contributed by atoms with Gasteiger partial charge in [0.15, 0.2) is 0 Å². The molecular weight excluding hydrogens is 350 g/mol. The summed E-state index contributed by atoms with van der Waals surface area (Å²) in [6.07, 6.45) is 0.222. The normalized spacial score (nSPS) is 10.6. The van der Waals surface area contributed by atoms with E-state index < -0.39 is 0 Å². The third-order valence-electron chi connectivity index (χ3n) is 4.21. The van der Waals surface area contributed by atoms with Crippen molar-refractivity contribution in [1.29, 1.82) is 0 Å². The van der Waals surface area contributed by atoms with Crippen molar-refractivity contribution >= 4 is 23.2 Å². The molecule has 0 aliphatic rings. The number of carbonyl (C=O) groups is 1. The zero-order valence-corrected chi connectivity index (χ0v) is 15.7. The Hall–Kier alpha value is -2.79. The van der Waals surface area contributed by atoms with Crippen LogP contribution in [0.25, 0.3) is 5.69 Å². The van der Waals surface area contributed by atoms with Gasteiger partial charge < -0.3 is 10.1 Å². The summed E-state index contributed by atoms with van der Waals surface area (Å²) >= 11 is 6.02. The van der Waals surface area contributed by atoms with Gasteiger partial charge >= 0.3 is 0 Å². The highest BCUT2D eigenvalue weighted by Crippen LogP contribution is 2.28. The minimum absolute atomic E-state index is 0.149. The molecule has 5 nitrogen and oxygen atoms in total. The summed E-state index contributed by atoms with van der Waals surface area (Å²) in [6.45, 7) is 3.88. The zero-order chi connectivity index (χ0) is 18.7. The van der Waals surface area contributed by atoms with E-state index in [0.29, 0.717) is 16.5 Å². The Morgan fingerprint density at radius 2 is 1.92 bits per heavy atom. The number of carbonyl (C=O) groups excluding carboxylic acids is 1. The van der Waals surface area contributed by atoms with Gasteiger partial charge in [0.05, 0.1) is 30.6 Å². The van der Waals surface area contributed by atoms with E-state index in [2.05, 4.69) is 10.4 Å². The van der Waals surface area contributed by atoms with Crippen molar-refractivity contribution in [2.45, 2.75) is 20.3 Å². The quantitative estimate of drug-likeness (QED) is 0.728. The molecule has 0 aliphatic heterocycles. The summed E-state index contributed by atoms with van der Waals surface area (Å²) in [5.74, 6) is 0.417. The minimum Gasteiger partial charge on any atom is -0.495 e. The van der Waals surface area contributed by atoms with Gasteiger partial charge in [0.25, 0.3) is 0 Å². The Bertz CT molecular complexity index is 936. The molecular formula is C20H20ClN3O2. The molecule has 0 atom stereocenters. The van der Waals surface area contributed by atoms with Crippen LogP contribution >= 0.6 is 11.6 Å². The van der Waals surface area contributed by atoms with Gasteiger partial charge in [-0.1, -0.05) is 29.8 Å². The van der Waals surface area contributed by atoms with E-state index >= 15 is 0 Å². The Balaban J connectivity index is 1.82. The molecule has 0 fully saturated rings. The van der Waals surface area contributed by atoms with Crippen molar-refractivity contribution in [3.05, 3.63) is 70.5 Å². The molecule has 2 aromatic carbocycles. The second-order valence-electron chi connectivity index (χ2n) is 5.97. The SMILES string of the molecule is COc1ccc(Cl)cc1NC(=O)Cc1c(C)nn(-c2ccccc2)c1C. The molecule has 1 heterocycles. The molecule has 26 heavy (non-hydrogen) atoms. The first-order valence-electron chi connectivity index (χ1n) is 8.23. The van der Waals surface area contributed by atoms with Crippen molar-refractivity contribution in [3.8, 4) is 11.4 Å². The number of anilines is 1. The van der Waals surface area contributed by atoms with E-state index in [9.17, 15) is 4.79 Å². The number of halogens is 1. The van der Waals surface area contributed by atoms with E-state index in [1.54, 1.807) is 25.3 Å². The van der Waals surface area contributed by atoms with Crippen molar-refractivity contribution in [2.75, 3.05) is 12.4 Å². The first kappa shape index (κ1) is 18.0. The van der Waals surface area contributed by atoms with Crippen molar-refractivity contribution in [3.63, 3.8) is 0 Å². The van der Waals surface area contributed by atoms with Crippen LogP contribution in [-0.2, 0) is 11.2 Å². The third-order valence-corrected chi connectivity index (χ3v) is 4.45. The molecule has 0 saturated carbocycles. The van der Waals surface area contributed by atoms with Gasteiger partial charge in [-0.05, 0) is 44.2 Å². The molecule has 3 aromatic rings. The van der Waals surface area contributed by atoms with Gasteiger partial charge in [-0.25, -0.2) is 4.68 Å². The summed E-state index contributed by atoms with van der Waals surface area (Å²) in [5, 5.41) is 7.98. The highest BCUT2D eigenvalue weighted by molar-refractivity contribution is 6.31. The number of nitrogens with zero attached hydrogens (tertiary/aromatic N) is 2. The average molecular weight is 370 g/mol. The molecule has 1 amide bonds. The Morgan fingerprint density at radius 1 is 1.19 bits per heavy atom. The molecule has 134 valence electrons. The fourth-order valence-electron chi connectivity index (χ4n) is 2.88. The zero-order valence-electron chi connectivity index (χ0n) is 14.9. The highest BCUT2D eigenvalue weighted by atomic mass is 35.5. The number of nitrogens with one attached hydrogen (secondary N) is 1. The summed E-state index contributed by atoms with van der Waals surface area (Å²) in [5.41, 5.74) is 4.21. The van der Waals surface area contributed by atoms with Crippen LogP contribution in [0.4, 0.5) is 5.69 Å². The number of benzene rings is 2. The summed E-state index contributed by atoms with van der Waals surface area (Å²) in [6, 6.07) is 15.0. The van der Waals surface area contributed by atoms with E-state index in [0.717, 1.165) is 22.6 Å². The van der Waals surface area contributed by atoms with E-state index in [-0.39, 0.29) is 12.3 Å². The monoisotopic (exact) mass is 369 g/mol.